The molecular formula is C30H33PSi. The fourth-order valence-corrected chi connectivity index (χ4v) is 12.8. The minimum Gasteiger partial charge on any atom is -0.0701 e. The number of benzene rings is 4. The summed E-state index contributed by atoms with van der Waals surface area (Å²) in [5.41, 5.74) is 1.38. The average Bonchev–Trinajstić information content (AvgIpc) is 2.82. The van der Waals surface area contributed by atoms with Crippen LogP contribution in [0.3, 0.4) is 0 Å². The van der Waals surface area contributed by atoms with Crippen LogP contribution in [0, 0.1) is 0 Å². The van der Waals surface area contributed by atoms with Gasteiger partial charge in [0.05, 0.1) is 0 Å². The van der Waals surface area contributed by atoms with E-state index in [1.54, 1.807) is 0 Å². The van der Waals surface area contributed by atoms with Crippen LogP contribution in [0.5, 0.6) is 0 Å². The highest BCUT2D eigenvalue weighted by Crippen LogP contribution is 2.44. The van der Waals surface area contributed by atoms with E-state index in [-0.39, 0.29) is 7.92 Å². The van der Waals surface area contributed by atoms with E-state index in [2.05, 4.69) is 143 Å². The zero-order valence-corrected chi connectivity index (χ0v) is 21.5. The van der Waals surface area contributed by atoms with Crippen LogP contribution in [0.4, 0.5) is 0 Å². The summed E-state index contributed by atoms with van der Waals surface area (Å²) in [6.45, 7) is 9.49. The molecule has 0 spiro atoms. The molecule has 0 nitrogen and oxygen atoms in total. The molecule has 0 atom stereocenters. The van der Waals surface area contributed by atoms with E-state index in [1.807, 2.05) is 0 Å². The van der Waals surface area contributed by atoms with E-state index in [0.29, 0.717) is 11.3 Å². The molecule has 162 valence electrons. The summed E-state index contributed by atoms with van der Waals surface area (Å²) in [6, 6.07) is 43.2. The maximum Gasteiger partial charge on any atom is 0.179 e. The predicted octanol–water partition coefficient (Wildman–Crippen LogP) is 4.99. The molecule has 4 aromatic rings. The second-order valence-electron chi connectivity index (χ2n) is 8.99. The van der Waals surface area contributed by atoms with Gasteiger partial charge in [-0.3, -0.25) is 0 Å². The first-order chi connectivity index (χ1) is 15.5. The van der Waals surface area contributed by atoms with Gasteiger partial charge in [0.15, 0.2) is 8.07 Å². The fraction of sp³-hybridized carbons (Fsp3) is 0.200. The van der Waals surface area contributed by atoms with Crippen molar-refractivity contribution in [1.82, 2.24) is 0 Å². The summed E-state index contributed by atoms with van der Waals surface area (Å²) < 4.78 is 0. The highest BCUT2D eigenvalue weighted by Gasteiger charge is 2.41. The largest absolute Gasteiger partial charge is 0.179 e. The Balaban J connectivity index is 1.98. The van der Waals surface area contributed by atoms with Crippen molar-refractivity contribution in [2.24, 2.45) is 0 Å². The minimum atomic E-state index is -2.40. The van der Waals surface area contributed by atoms with Crippen molar-refractivity contribution in [1.29, 1.82) is 0 Å². The molecule has 0 radical (unpaired) electrons. The lowest BCUT2D eigenvalue weighted by Crippen LogP contribution is -2.74. The molecule has 0 aliphatic heterocycles. The smallest absolute Gasteiger partial charge is 0.0701 e. The third kappa shape index (κ3) is 4.25. The zero-order chi connectivity index (χ0) is 22.6. The maximum atomic E-state index is 2.44. The third-order valence-corrected chi connectivity index (χ3v) is 14.2. The zero-order valence-electron chi connectivity index (χ0n) is 19.6. The standard InChI is InChI=1S/C30H33PSi/c1-24(2)31(25(3)4)26-20-22-30(23-21-26)32(27-14-8-5-9-15-27,28-16-10-6-11-17-28)29-18-12-7-13-19-29/h5-25H,1-4H3. The van der Waals surface area contributed by atoms with Gasteiger partial charge in [0.1, 0.15) is 0 Å². The average molecular weight is 453 g/mol. The summed E-state index contributed by atoms with van der Waals surface area (Å²) in [7, 11) is -2.57. The quantitative estimate of drug-likeness (QED) is 0.211. The first kappa shape index (κ1) is 22.7. The van der Waals surface area contributed by atoms with Gasteiger partial charge < -0.3 is 0 Å². The summed E-state index contributed by atoms with van der Waals surface area (Å²) in [4.78, 5) is 0. The number of hydrogen-bond acceptors (Lipinski definition) is 0. The van der Waals surface area contributed by atoms with Crippen LogP contribution >= 0.6 is 7.92 Å². The Labute approximate surface area is 196 Å². The second kappa shape index (κ2) is 9.99. The molecule has 4 aromatic carbocycles. The normalized spacial score (nSPS) is 12.0. The van der Waals surface area contributed by atoms with Crippen LogP contribution in [-0.4, -0.2) is 19.4 Å². The summed E-state index contributed by atoms with van der Waals surface area (Å²) >= 11 is 0. The second-order valence-corrected chi connectivity index (χ2v) is 16.2. The van der Waals surface area contributed by atoms with E-state index < -0.39 is 8.07 Å². The SMILES string of the molecule is CC(C)P(c1ccc([Si](c2ccccc2)(c2ccccc2)c2ccccc2)cc1)C(C)C. The van der Waals surface area contributed by atoms with Gasteiger partial charge in [-0.05, 0) is 37.4 Å². The molecule has 0 saturated carbocycles. The van der Waals surface area contributed by atoms with E-state index in [1.165, 1.54) is 26.1 Å². The van der Waals surface area contributed by atoms with Gasteiger partial charge in [-0.2, -0.15) is 0 Å². The fourth-order valence-electron chi connectivity index (χ4n) is 5.14. The van der Waals surface area contributed by atoms with Crippen molar-refractivity contribution in [2.75, 3.05) is 0 Å². The van der Waals surface area contributed by atoms with Crippen molar-refractivity contribution in [3.05, 3.63) is 115 Å². The lowest BCUT2D eigenvalue weighted by molar-refractivity contribution is 1.02. The van der Waals surface area contributed by atoms with Gasteiger partial charge in [-0.15, -0.1) is 0 Å². The molecule has 0 unspecified atom stereocenters. The van der Waals surface area contributed by atoms with Crippen molar-refractivity contribution in [3.8, 4) is 0 Å². The molecule has 2 heteroatoms. The van der Waals surface area contributed by atoms with E-state index in [4.69, 9.17) is 0 Å². The Hall–Kier alpha value is -2.47. The molecule has 0 aliphatic rings. The Morgan fingerprint density at radius 3 is 1.06 bits per heavy atom. The molecule has 32 heavy (non-hydrogen) atoms. The van der Waals surface area contributed by atoms with Gasteiger partial charge in [0.2, 0.25) is 0 Å². The van der Waals surface area contributed by atoms with Gasteiger partial charge >= 0.3 is 0 Å². The van der Waals surface area contributed by atoms with Gasteiger partial charge in [0, 0.05) is 0 Å². The summed E-state index contributed by atoms with van der Waals surface area (Å²) in [5.74, 6) is 0. The van der Waals surface area contributed by atoms with Gasteiger partial charge in [0.25, 0.3) is 0 Å². The molecule has 0 heterocycles. The molecule has 0 fully saturated rings. The van der Waals surface area contributed by atoms with E-state index in [9.17, 15) is 0 Å². The van der Waals surface area contributed by atoms with Crippen LogP contribution in [0.25, 0.3) is 0 Å². The lowest BCUT2D eigenvalue weighted by Gasteiger charge is -2.35. The van der Waals surface area contributed by atoms with Gasteiger partial charge in [-0.25, -0.2) is 0 Å². The molecular weight excluding hydrogens is 419 g/mol. The Bertz CT molecular complexity index is 999. The number of rotatable bonds is 7. The van der Waals surface area contributed by atoms with Crippen LogP contribution < -0.4 is 26.1 Å². The van der Waals surface area contributed by atoms with Crippen molar-refractivity contribution in [3.63, 3.8) is 0 Å². The van der Waals surface area contributed by atoms with E-state index in [0.717, 1.165) is 0 Å². The topological polar surface area (TPSA) is 0 Å². The molecule has 0 aliphatic carbocycles. The molecule has 0 aromatic heterocycles. The van der Waals surface area contributed by atoms with Crippen LogP contribution in [0.15, 0.2) is 115 Å². The third-order valence-electron chi connectivity index (χ3n) is 6.33. The molecule has 4 rings (SSSR count). The van der Waals surface area contributed by atoms with Crippen molar-refractivity contribution >= 4 is 42.0 Å². The molecule has 0 bridgehead atoms. The first-order valence-corrected chi connectivity index (χ1v) is 15.1. The summed E-state index contributed by atoms with van der Waals surface area (Å²) in [5, 5.41) is 7.26. The highest BCUT2D eigenvalue weighted by molar-refractivity contribution is 7.66. The maximum absolute atomic E-state index is 2.44. The van der Waals surface area contributed by atoms with E-state index >= 15 is 0 Å². The first-order valence-electron chi connectivity index (χ1n) is 11.6. The Kier molecular flexibility index (Phi) is 7.09. The van der Waals surface area contributed by atoms with Crippen LogP contribution in [-0.2, 0) is 0 Å². The highest BCUT2D eigenvalue weighted by atomic mass is 31.1. The Morgan fingerprint density at radius 2 is 0.750 bits per heavy atom. The predicted molar refractivity (Wildman–Crippen MR) is 147 cm³/mol. The molecule has 0 N–H and O–H groups in total. The van der Waals surface area contributed by atoms with Crippen LogP contribution in [0.2, 0.25) is 0 Å². The van der Waals surface area contributed by atoms with Crippen LogP contribution in [0.1, 0.15) is 27.7 Å². The van der Waals surface area contributed by atoms with Crippen molar-refractivity contribution in [2.45, 2.75) is 39.0 Å². The molecule has 0 amide bonds. The monoisotopic (exact) mass is 452 g/mol. The van der Waals surface area contributed by atoms with Gasteiger partial charge in [-0.1, -0.05) is 151 Å². The molecule has 0 saturated heterocycles. The summed E-state index contributed by atoms with van der Waals surface area (Å²) in [6.07, 6.45) is 0. The minimum absolute atomic E-state index is 0.169. The number of hydrogen-bond donors (Lipinski definition) is 0. The Morgan fingerprint density at radius 1 is 0.438 bits per heavy atom. The van der Waals surface area contributed by atoms with Crippen molar-refractivity contribution < 1.29 is 0 Å². The lowest BCUT2D eigenvalue weighted by atomic mass is 10.3.